The summed E-state index contributed by atoms with van der Waals surface area (Å²) in [4.78, 5) is 42.4. The summed E-state index contributed by atoms with van der Waals surface area (Å²) < 4.78 is 20.4. The first-order valence-corrected chi connectivity index (χ1v) is 12.5. The van der Waals surface area contributed by atoms with Gasteiger partial charge in [-0.3, -0.25) is 0 Å². The molecule has 0 saturated carbocycles. The minimum Gasteiger partial charge on any atom is -0.420 e. The van der Waals surface area contributed by atoms with E-state index in [4.69, 9.17) is 14.5 Å². The summed E-state index contributed by atoms with van der Waals surface area (Å²) in [5, 5.41) is 10.3. The number of urea groups is 1. The summed E-state index contributed by atoms with van der Waals surface area (Å²) in [6.45, 7) is 5.58. The molecule has 3 aromatic rings. The lowest BCUT2D eigenvalue weighted by molar-refractivity contribution is 0.0396. The molecule has 12 heteroatoms. The van der Waals surface area contributed by atoms with Crippen LogP contribution in [0.15, 0.2) is 42.6 Å². The van der Waals surface area contributed by atoms with Crippen molar-refractivity contribution in [2.75, 3.05) is 12.1 Å². The van der Waals surface area contributed by atoms with Crippen molar-refractivity contribution in [1.29, 1.82) is 0 Å². The standard InChI is InChI=1S/C23H27N4O7P/c1-23(2,3)15-8-9-16-14(11-15)7-10-19(16)26-21(28)25-18-5-4-6-20-17(18)12-24-27(20)22(29)33-13-34-35(30,31)32/h4-6,8-9,11-12,19H,7,10,13H2,1-3H3,(H2,25,26,28)(H2,30,31,32)/t19-/m1/s1. The lowest BCUT2D eigenvalue weighted by Gasteiger charge is -2.21. The minimum absolute atomic E-state index is 0.0557. The molecule has 0 bridgehead atoms. The number of nitrogens with one attached hydrogen (secondary N) is 2. The number of aromatic nitrogens is 2. The Bertz CT molecular complexity index is 1330. The van der Waals surface area contributed by atoms with Crippen molar-refractivity contribution in [2.45, 2.75) is 45.1 Å². The first kappa shape index (κ1) is 24.9. The van der Waals surface area contributed by atoms with Crippen LogP contribution in [0, 0.1) is 0 Å². The number of nitrogens with zero attached hydrogens (tertiary/aromatic N) is 2. The molecule has 0 saturated heterocycles. The van der Waals surface area contributed by atoms with E-state index in [2.05, 4.69) is 59.2 Å². The van der Waals surface area contributed by atoms with Crippen LogP contribution in [0.4, 0.5) is 15.3 Å². The van der Waals surface area contributed by atoms with E-state index in [1.807, 2.05) is 0 Å². The van der Waals surface area contributed by atoms with E-state index in [-0.39, 0.29) is 17.5 Å². The number of hydrogen-bond donors (Lipinski definition) is 4. The van der Waals surface area contributed by atoms with Crippen LogP contribution in [0.3, 0.4) is 0 Å². The number of carbonyl (C=O) groups excluding carboxylic acids is 2. The van der Waals surface area contributed by atoms with Crippen molar-refractivity contribution in [3.8, 4) is 0 Å². The Labute approximate surface area is 201 Å². The highest BCUT2D eigenvalue weighted by molar-refractivity contribution is 7.46. The van der Waals surface area contributed by atoms with E-state index in [9.17, 15) is 14.2 Å². The molecule has 0 unspecified atom stereocenters. The quantitative estimate of drug-likeness (QED) is 0.299. The van der Waals surface area contributed by atoms with Gasteiger partial charge in [0.2, 0.25) is 6.79 Å². The third-order valence-corrected chi connectivity index (χ3v) is 6.27. The molecular weight excluding hydrogens is 475 g/mol. The van der Waals surface area contributed by atoms with Crippen molar-refractivity contribution >= 4 is 36.5 Å². The number of benzene rings is 2. The zero-order valence-corrected chi connectivity index (χ0v) is 20.4. The Morgan fingerprint density at radius 3 is 2.71 bits per heavy atom. The Kier molecular flexibility index (Phi) is 6.70. The monoisotopic (exact) mass is 502 g/mol. The molecule has 4 N–H and O–H groups in total. The first-order valence-electron chi connectivity index (χ1n) is 11.0. The third kappa shape index (κ3) is 5.71. The Balaban J connectivity index is 1.44. The number of fused-ring (bicyclic) bond motifs is 2. The van der Waals surface area contributed by atoms with Crippen LogP contribution >= 0.6 is 7.82 Å². The number of hydrogen-bond acceptors (Lipinski definition) is 6. The number of phosphoric ester groups is 1. The molecule has 1 heterocycles. The summed E-state index contributed by atoms with van der Waals surface area (Å²) in [6, 6.07) is 10.8. The van der Waals surface area contributed by atoms with Crippen molar-refractivity contribution in [2.24, 2.45) is 0 Å². The van der Waals surface area contributed by atoms with Gasteiger partial charge in [-0.15, -0.1) is 0 Å². The van der Waals surface area contributed by atoms with Crippen molar-refractivity contribution in [3.63, 3.8) is 0 Å². The second kappa shape index (κ2) is 9.43. The zero-order valence-electron chi connectivity index (χ0n) is 19.5. The molecule has 0 fully saturated rings. The van der Waals surface area contributed by atoms with E-state index in [1.54, 1.807) is 18.2 Å². The number of carbonyl (C=O) groups is 2. The Morgan fingerprint density at radius 2 is 2.00 bits per heavy atom. The highest BCUT2D eigenvalue weighted by Crippen LogP contribution is 2.36. The summed E-state index contributed by atoms with van der Waals surface area (Å²) in [5.74, 6) is 0. The molecule has 11 nitrogen and oxygen atoms in total. The number of rotatable bonds is 5. The molecule has 2 aromatic carbocycles. The van der Waals surface area contributed by atoms with Gasteiger partial charge in [0.1, 0.15) is 0 Å². The van der Waals surface area contributed by atoms with Crippen molar-refractivity contribution in [1.82, 2.24) is 15.1 Å². The molecule has 1 aromatic heterocycles. The predicted octanol–water partition coefficient (Wildman–Crippen LogP) is 4.19. The predicted molar refractivity (Wildman–Crippen MR) is 128 cm³/mol. The maximum absolute atomic E-state index is 12.8. The molecule has 0 radical (unpaired) electrons. The number of amides is 2. The fraction of sp³-hybridized carbons (Fsp3) is 0.348. The van der Waals surface area contributed by atoms with Crippen molar-refractivity contribution < 1.29 is 33.2 Å². The van der Waals surface area contributed by atoms with Crippen LogP contribution in [0.5, 0.6) is 0 Å². The largest absolute Gasteiger partial charge is 0.472 e. The van der Waals surface area contributed by atoms with Crippen LogP contribution in [-0.4, -0.2) is 38.5 Å². The molecule has 1 aliphatic rings. The molecule has 4 rings (SSSR count). The summed E-state index contributed by atoms with van der Waals surface area (Å²) in [5.41, 5.74) is 4.44. The normalized spacial score (nSPS) is 15.6. The molecule has 1 atom stereocenters. The SMILES string of the molecule is CC(C)(C)c1ccc2c(c1)CC[C@H]2NC(=O)Nc1cccc2c1cnn2C(=O)OCOP(=O)(O)O. The maximum Gasteiger partial charge on any atom is 0.472 e. The van der Waals surface area contributed by atoms with Gasteiger partial charge in [-0.05, 0) is 47.1 Å². The first-order chi connectivity index (χ1) is 16.4. The van der Waals surface area contributed by atoms with Gasteiger partial charge < -0.3 is 25.2 Å². The zero-order chi connectivity index (χ0) is 25.4. The Hall–Kier alpha value is -3.24. The number of anilines is 1. The molecule has 0 spiro atoms. The van der Waals surface area contributed by atoms with Gasteiger partial charge in [-0.1, -0.05) is 45.0 Å². The van der Waals surface area contributed by atoms with E-state index >= 15 is 0 Å². The van der Waals surface area contributed by atoms with Gasteiger partial charge in [0.25, 0.3) is 0 Å². The fourth-order valence-corrected chi connectivity index (χ4v) is 4.25. The second-order valence-corrected chi connectivity index (χ2v) is 10.5. The van der Waals surface area contributed by atoms with Crippen LogP contribution in [0.25, 0.3) is 10.9 Å². The molecule has 35 heavy (non-hydrogen) atoms. The van der Waals surface area contributed by atoms with Gasteiger partial charge in [0.05, 0.1) is 23.4 Å². The third-order valence-electron chi connectivity index (χ3n) is 5.83. The van der Waals surface area contributed by atoms with E-state index in [1.165, 1.54) is 17.3 Å². The summed E-state index contributed by atoms with van der Waals surface area (Å²) in [7, 11) is -4.78. The van der Waals surface area contributed by atoms with Gasteiger partial charge in [0, 0.05) is 5.39 Å². The van der Waals surface area contributed by atoms with Gasteiger partial charge >= 0.3 is 19.9 Å². The van der Waals surface area contributed by atoms with Gasteiger partial charge in [-0.2, -0.15) is 9.78 Å². The highest BCUT2D eigenvalue weighted by Gasteiger charge is 2.26. The van der Waals surface area contributed by atoms with E-state index in [0.717, 1.165) is 23.1 Å². The smallest absolute Gasteiger partial charge is 0.420 e. The average molecular weight is 502 g/mol. The van der Waals surface area contributed by atoms with Gasteiger partial charge in [-0.25, -0.2) is 18.7 Å². The Morgan fingerprint density at radius 1 is 1.23 bits per heavy atom. The minimum atomic E-state index is -4.78. The maximum atomic E-state index is 12.8. The lowest BCUT2D eigenvalue weighted by atomic mass is 9.85. The number of aryl methyl sites for hydroxylation is 1. The van der Waals surface area contributed by atoms with Gasteiger partial charge in [0.15, 0.2) is 0 Å². The molecule has 2 amide bonds. The second-order valence-electron chi connectivity index (χ2n) is 9.30. The molecular formula is C23H27N4O7P. The van der Waals surface area contributed by atoms with E-state index < -0.39 is 20.7 Å². The molecule has 1 aliphatic carbocycles. The van der Waals surface area contributed by atoms with Crippen LogP contribution in [-0.2, 0) is 25.7 Å². The average Bonchev–Trinajstić information content (AvgIpc) is 3.37. The van der Waals surface area contributed by atoms with E-state index in [0.29, 0.717) is 16.6 Å². The fourth-order valence-electron chi connectivity index (χ4n) is 4.06. The molecule has 186 valence electrons. The van der Waals surface area contributed by atoms with Crippen LogP contribution in [0.2, 0.25) is 0 Å². The number of ether oxygens (including phenoxy) is 1. The highest BCUT2D eigenvalue weighted by atomic mass is 31.2. The van der Waals surface area contributed by atoms with Crippen LogP contribution in [0.1, 0.15) is 49.9 Å². The summed E-state index contributed by atoms with van der Waals surface area (Å²) >= 11 is 0. The van der Waals surface area contributed by atoms with Crippen molar-refractivity contribution in [3.05, 3.63) is 59.3 Å². The topological polar surface area (TPSA) is 152 Å². The van der Waals surface area contributed by atoms with Crippen LogP contribution < -0.4 is 10.6 Å². The summed E-state index contributed by atoms with van der Waals surface area (Å²) in [6.07, 6.45) is 2.09. The molecule has 0 aliphatic heterocycles. The number of phosphoric acid groups is 1. The lowest BCUT2D eigenvalue weighted by Crippen LogP contribution is -2.31.